The molecule has 3 aromatic heterocycles. The first-order valence-corrected chi connectivity index (χ1v) is 14.1. The number of amides is 1. The van der Waals surface area contributed by atoms with Crippen LogP contribution in [0.25, 0.3) is 22.0 Å². The highest BCUT2D eigenvalue weighted by atomic mass is 16.1. The summed E-state index contributed by atoms with van der Waals surface area (Å²) in [7, 11) is 2.16. The summed E-state index contributed by atoms with van der Waals surface area (Å²) in [5.74, 6) is -0.199. The van der Waals surface area contributed by atoms with Crippen molar-refractivity contribution < 1.29 is 4.79 Å². The molecule has 2 N–H and O–H groups in total. The number of pyridine rings is 2. The molecule has 1 aliphatic heterocycles. The van der Waals surface area contributed by atoms with Crippen molar-refractivity contribution in [2.75, 3.05) is 33.2 Å². The first kappa shape index (κ1) is 27.8. The van der Waals surface area contributed by atoms with E-state index in [1.807, 2.05) is 39.1 Å². The van der Waals surface area contributed by atoms with Gasteiger partial charge >= 0.3 is 0 Å². The molecule has 210 valence electrons. The summed E-state index contributed by atoms with van der Waals surface area (Å²) in [5.41, 5.74) is 7.71. The third-order valence-electron chi connectivity index (χ3n) is 7.98. The molecule has 5 rings (SSSR count). The number of carbonyl (C=O) groups excluding carboxylic acids is 1. The van der Waals surface area contributed by atoms with Crippen molar-refractivity contribution in [1.29, 1.82) is 0 Å². The zero-order valence-corrected chi connectivity index (χ0v) is 24.5. The van der Waals surface area contributed by atoms with Crippen molar-refractivity contribution >= 4 is 16.8 Å². The van der Waals surface area contributed by atoms with Gasteiger partial charge in [-0.15, -0.1) is 0 Å². The summed E-state index contributed by atoms with van der Waals surface area (Å²) in [6, 6.07) is 10.5. The second-order valence-electron chi connectivity index (χ2n) is 11.5. The standard InChI is InChI=1S/C32H40N6O2/c1-20(2)38-18-22(4)30-27(31(39)34-17-28-21(3)13-23(5)35-32(28)40)14-25(15-29(30)38)24-7-8-26(33-16-24)19-37-11-9-36(6)10-12-37/h7-8,13-16,18,20H,9-12,17,19H2,1-6H3,(H,34,39)(H,35,40). The molecule has 1 saturated heterocycles. The largest absolute Gasteiger partial charge is 0.348 e. The molecular formula is C32H40N6O2. The summed E-state index contributed by atoms with van der Waals surface area (Å²) in [5, 5.41) is 3.95. The number of hydrogen-bond acceptors (Lipinski definition) is 5. The molecule has 4 aromatic rings. The molecule has 0 unspecified atom stereocenters. The van der Waals surface area contributed by atoms with Gasteiger partial charge in [0.15, 0.2) is 0 Å². The van der Waals surface area contributed by atoms with E-state index in [1.165, 1.54) is 0 Å². The highest BCUT2D eigenvalue weighted by Gasteiger charge is 2.20. The van der Waals surface area contributed by atoms with E-state index < -0.39 is 0 Å². The van der Waals surface area contributed by atoms with Crippen molar-refractivity contribution in [3.8, 4) is 11.1 Å². The second kappa shape index (κ2) is 11.4. The summed E-state index contributed by atoms with van der Waals surface area (Å²) in [6.07, 6.45) is 4.03. The van der Waals surface area contributed by atoms with Crippen LogP contribution in [0.1, 0.15) is 58.3 Å². The van der Waals surface area contributed by atoms with Crippen molar-refractivity contribution in [3.63, 3.8) is 0 Å². The van der Waals surface area contributed by atoms with Gasteiger partial charge < -0.3 is 19.8 Å². The lowest BCUT2D eigenvalue weighted by Crippen LogP contribution is -2.43. The Morgan fingerprint density at radius 1 is 1.02 bits per heavy atom. The number of aromatic amines is 1. The average molecular weight is 541 g/mol. The maximum absolute atomic E-state index is 13.7. The molecule has 0 saturated carbocycles. The van der Waals surface area contributed by atoms with Gasteiger partial charge in [-0.3, -0.25) is 19.5 Å². The molecule has 40 heavy (non-hydrogen) atoms. The molecule has 8 heteroatoms. The number of H-pyrrole nitrogens is 1. The summed E-state index contributed by atoms with van der Waals surface area (Å²) < 4.78 is 2.22. The minimum Gasteiger partial charge on any atom is -0.348 e. The van der Waals surface area contributed by atoms with Crippen LogP contribution in [0.2, 0.25) is 0 Å². The Bertz CT molecular complexity index is 1590. The fraction of sp³-hybridized carbons (Fsp3) is 0.406. The van der Waals surface area contributed by atoms with Crippen LogP contribution >= 0.6 is 0 Å². The number of nitrogens with one attached hydrogen (secondary N) is 2. The SMILES string of the molecule is Cc1cc(C)c(CNC(=O)c2cc(-c3ccc(CN4CCN(C)CC4)nc3)cc3c2c(C)cn3C(C)C)c(=O)[nH]1. The van der Waals surface area contributed by atoms with Crippen molar-refractivity contribution in [2.45, 2.75) is 53.8 Å². The lowest BCUT2D eigenvalue weighted by Gasteiger charge is -2.32. The molecule has 1 fully saturated rings. The molecule has 1 aliphatic rings. The van der Waals surface area contributed by atoms with Gasteiger partial charge in [-0.2, -0.15) is 0 Å². The van der Waals surface area contributed by atoms with E-state index in [0.717, 1.165) is 77.3 Å². The quantitative estimate of drug-likeness (QED) is 0.359. The molecular weight excluding hydrogens is 500 g/mol. The van der Waals surface area contributed by atoms with Crippen LogP contribution in [-0.4, -0.2) is 63.5 Å². The Morgan fingerprint density at radius 3 is 2.42 bits per heavy atom. The normalized spacial score (nSPS) is 14.8. The number of nitrogens with zero attached hydrogens (tertiary/aromatic N) is 4. The van der Waals surface area contributed by atoms with Gasteiger partial charge in [0.2, 0.25) is 0 Å². The monoisotopic (exact) mass is 540 g/mol. The van der Waals surface area contributed by atoms with Gasteiger partial charge in [-0.1, -0.05) is 6.07 Å². The minimum atomic E-state index is -0.199. The van der Waals surface area contributed by atoms with Gasteiger partial charge in [0.1, 0.15) is 0 Å². The van der Waals surface area contributed by atoms with Crippen molar-refractivity contribution in [1.82, 2.24) is 29.7 Å². The first-order valence-electron chi connectivity index (χ1n) is 14.1. The van der Waals surface area contributed by atoms with Gasteiger partial charge in [0.05, 0.1) is 5.69 Å². The fourth-order valence-corrected chi connectivity index (χ4v) is 5.65. The number of likely N-dealkylation sites (N-methyl/N-ethyl adjacent to an activating group) is 1. The minimum absolute atomic E-state index is 0.165. The number of aryl methyl sites for hydroxylation is 3. The van der Waals surface area contributed by atoms with Crippen molar-refractivity contribution in [2.24, 2.45) is 0 Å². The fourth-order valence-electron chi connectivity index (χ4n) is 5.65. The van der Waals surface area contributed by atoms with Crippen LogP contribution in [0.5, 0.6) is 0 Å². The molecule has 0 spiro atoms. The Labute approximate surface area is 236 Å². The van der Waals surface area contributed by atoms with E-state index in [0.29, 0.717) is 11.1 Å². The van der Waals surface area contributed by atoms with Gasteiger partial charge in [-0.05, 0) is 82.6 Å². The summed E-state index contributed by atoms with van der Waals surface area (Å²) in [4.78, 5) is 38.6. The maximum atomic E-state index is 13.7. The second-order valence-corrected chi connectivity index (χ2v) is 11.5. The Morgan fingerprint density at radius 2 is 1.77 bits per heavy atom. The van der Waals surface area contributed by atoms with Crippen LogP contribution in [-0.2, 0) is 13.1 Å². The predicted octanol–water partition coefficient (Wildman–Crippen LogP) is 4.58. The number of rotatable bonds is 7. The molecule has 8 nitrogen and oxygen atoms in total. The molecule has 0 radical (unpaired) electrons. The van der Waals surface area contributed by atoms with Crippen LogP contribution < -0.4 is 10.9 Å². The van der Waals surface area contributed by atoms with Crippen LogP contribution in [0.15, 0.2) is 47.5 Å². The zero-order valence-electron chi connectivity index (χ0n) is 24.5. The molecule has 1 aromatic carbocycles. The van der Waals surface area contributed by atoms with Gasteiger partial charge in [0, 0.05) is 91.0 Å². The molecule has 0 atom stereocenters. The van der Waals surface area contributed by atoms with E-state index in [4.69, 9.17) is 4.98 Å². The average Bonchev–Trinajstić information content (AvgIpc) is 3.26. The zero-order chi connectivity index (χ0) is 28.6. The molecule has 0 aliphatic carbocycles. The van der Waals surface area contributed by atoms with Crippen LogP contribution in [0.3, 0.4) is 0 Å². The van der Waals surface area contributed by atoms with Crippen LogP contribution in [0, 0.1) is 20.8 Å². The first-order chi connectivity index (χ1) is 19.1. The van der Waals surface area contributed by atoms with E-state index in [2.05, 4.69) is 70.0 Å². The highest BCUT2D eigenvalue weighted by Crippen LogP contribution is 2.33. The number of hydrogen-bond donors (Lipinski definition) is 2. The van der Waals surface area contributed by atoms with Crippen LogP contribution in [0.4, 0.5) is 0 Å². The maximum Gasteiger partial charge on any atom is 0.253 e. The molecule has 0 bridgehead atoms. The smallest absolute Gasteiger partial charge is 0.253 e. The number of fused-ring (bicyclic) bond motifs is 1. The third-order valence-corrected chi connectivity index (χ3v) is 7.98. The van der Waals surface area contributed by atoms with Gasteiger partial charge in [-0.25, -0.2) is 0 Å². The van der Waals surface area contributed by atoms with E-state index in [-0.39, 0.29) is 24.1 Å². The van der Waals surface area contributed by atoms with E-state index in [9.17, 15) is 9.59 Å². The Kier molecular flexibility index (Phi) is 7.92. The number of piperazine rings is 1. The number of aromatic nitrogens is 3. The predicted molar refractivity (Wildman–Crippen MR) is 161 cm³/mol. The highest BCUT2D eigenvalue weighted by molar-refractivity contribution is 6.09. The summed E-state index contributed by atoms with van der Waals surface area (Å²) in [6.45, 7) is 15.4. The van der Waals surface area contributed by atoms with E-state index >= 15 is 0 Å². The van der Waals surface area contributed by atoms with Crippen molar-refractivity contribution in [3.05, 3.63) is 86.7 Å². The van der Waals surface area contributed by atoms with Gasteiger partial charge in [0.25, 0.3) is 11.5 Å². The molecule has 1 amide bonds. The topological polar surface area (TPSA) is 86.3 Å². The summed E-state index contributed by atoms with van der Waals surface area (Å²) >= 11 is 0. The Balaban J connectivity index is 1.47. The lowest BCUT2D eigenvalue weighted by atomic mass is 9.98. The number of carbonyl (C=O) groups is 1. The molecule has 4 heterocycles. The third kappa shape index (κ3) is 5.74. The van der Waals surface area contributed by atoms with E-state index in [1.54, 1.807) is 0 Å². The lowest BCUT2D eigenvalue weighted by molar-refractivity contribution is 0.0952. The Hall–Kier alpha value is -3.75. The number of benzene rings is 1.